The number of carbonyl (C=O) groups excluding carboxylic acids is 1. The number of hydrogen-bond donors (Lipinski definition) is 1. The van der Waals surface area contributed by atoms with E-state index in [1.807, 2.05) is 42.5 Å². The average Bonchev–Trinajstić information content (AvgIpc) is 2.79. The zero-order chi connectivity index (χ0) is 23.8. The molecule has 0 radical (unpaired) electrons. The second kappa shape index (κ2) is 12.2. The molecule has 6 nitrogen and oxygen atoms in total. The van der Waals surface area contributed by atoms with E-state index in [4.69, 9.17) is 14.2 Å². The molecule has 0 aromatic heterocycles. The van der Waals surface area contributed by atoms with Gasteiger partial charge in [-0.2, -0.15) is 5.10 Å². The molecular weight excluding hydrogens is 620 g/mol. The number of hydrazone groups is 1. The molecule has 0 fully saturated rings. The third-order valence-electron chi connectivity index (χ3n) is 4.53. The van der Waals surface area contributed by atoms with Crippen LogP contribution in [0, 0.1) is 0 Å². The van der Waals surface area contributed by atoms with Crippen LogP contribution in [0.4, 0.5) is 0 Å². The van der Waals surface area contributed by atoms with Crippen molar-refractivity contribution in [1.29, 1.82) is 0 Å². The molecule has 0 heterocycles. The largest absolute Gasteiger partial charge is 0.493 e. The van der Waals surface area contributed by atoms with Crippen molar-refractivity contribution in [2.24, 2.45) is 5.10 Å². The predicted octanol–water partition coefficient (Wildman–Crippen LogP) is 6.26. The Labute approximate surface area is 217 Å². The zero-order valence-corrected chi connectivity index (χ0v) is 22.7. The first-order chi connectivity index (χ1) is 15.9. The van der Waals surface area contributed by atoms with Gasteiger partial charge in [0.1, 0.15) is 12.4 Å². The van der Waals surface area contributed by atoms with Gasteiger partial charge >= 0.3 is 0 Å². The highest BCUT2D eigenvalue weighted by atomic mass is 79.9. The van der Waals surface area contributed by atoms with Gasteiger partial charge in [-0.25, -0.2) is 5.43 Å². The molecule has 172 valence electrons. The Balaban J connectivity index is 1.58. The van der Waals surface area contributed by atoms with Crippen molar-refractivity contribution in [2.45, 2.75) is 13.0 Å². The quantitative estimate of drug-likeness (QED) is 0.221. The topological polar surface area (TPSA) is 69.2 Å². The van der Waals surface area contributed by atoms with Crippen LogP contribution in [0.15, 0.2) is 73.1 Å². The summed E-state index contributed by atoms with van der Waals surface area (Å²) in [6.07, 6.45) is 1.73. The van der Waals surface area contributed by atoms with Crippen molar-refractivity contribution in [2.75, 3.05) is 14.2 Å². The van der Waals surface area contributed by atoms with Gasteiger partial charge in [-0.3, -0.25) is 4.79 Å². The summed E-state index contributed by atoms with van der Waals surface area (Å²) in [5, 5.41) is 4.06. The van der Waals surface area contributed by atoms with Gasteiger partial charge in [0.2, 0.25) is 5.91 Å². The maximum atomic E-state index is 12.2. The summed E-state index contributed by atoms with van der Waals surface area (Å²) < 4.78 is 19.0. The van der Waals surface area contributed by atoms with Crippen LogP contribution >= 0.6 is 47.8 Å². The molecule has 0 saturated heterocycles. The maximum Gasteiger partial charge on any atom is 0.244 e. The van der Waals surface area contributed by atoms with E-state index in [0.717, 1.165) is 30.1 Å². The maximum absolute atomic E-state index is 12.2. The molecule has 33 heavy (non-hydrogen) atoms. The molecule has 0 aliphatic heterocycles. The minimum atomic E-state index is -0.244. The predicted molar refractivity (Wildman–Crippen MR) is 139 cm³/mol. The van der Waals surface area contributed by atoms with Gasteiger partial charge in [0.25, 0.3) is 0 Å². The molecule has 3 aromatic rings. The minimum Gasteiger partial charge on any atom is -0.493 e. The molecule has 0 spiro atoms. The van der Waals surface area contributed by atoms with Crippen LogP contribution in [0.3, 0.4) is 0 Å². The van der Waals surface area contributed by atoms with E-state index in [2.05, 4.69) is 58.3 Å². The number of amides is 1. The number of ether oxygens (including phenoxy) is 3. The smallest absolute Gasteiger partial charge is 0.244 e. The van der Waals surface area contributed by atoms with Crippen LogP contribution in [0.1, 0.15) is 16.7 Å². The molecule has 1 amide bonds. The first kappa shape index (κ1) is 25.3. The molecule has 1 N–H and O–H groups in total. The Morgan fingerprint density at radius 1 is 0.909 bits per heavy atom. The lowest BCUT2D eigenvalue weighted by molar-refractivity contribution is -0.120. The van der Waals surface area contributed by atoms with Crippen molar-refractivity contribution in [1.82, 2.24) is 5.43 Å². The van der Waals surface area contributed by atoms with E-state index < -0.39 is 0 Å². The second-order valence-corrected chi connectivity index (χ2v) is 9.51. The van der Waals surface area contributed by atoms with Crippen molar-refractivity contribution in [3.63, 3.8) is 0 Å². The van der Waals surface area contributed by atoms with Gasteiger partial charge in [-0.15, -0.1) is 0 Å². The molecule has 0 aliphatic rings. The number of carbonyl (C=O) groups is 1. The number of hydrogen-bond acceptors (Lipinski definition) is 5. The van der Waals surface area contributed by atoms with Gasteiger partial charge < -0.3 is 14.2 Å². The van der Waals surface area contributed by atoms with Gasteiger partial charge in [-0.1, -0.05) is 34.1 Å². The zero-order valence-electron chi connectivity index (χ0n) is 17.9. The fourth-order valence-corrected chi connectivity index (χ4v) is 4.64. The lowest BCUT2D eigenvalue weighted by Crippen LogP contribution is -2.19. The van der Waals surface area contributed by atoms with Gasteiger partial charge in [0.05, 0.1) is 35.8 Å². The van der Waals surface area contributed by atoms with E-state index in [1.54, 1.807) is 32.6 Å². The Bertz CT molecular complexity index is 1130. The Morgan fingerprint density at radius 2 is 1.55 bits per heavy atom. The van der Waals surface area contributed by atoms with Gasteiger partial charge in [0, 0.05) is 4.47 Å². The third-order valence-corrected chi connectivity index (χ3v) is 6.24. The first-order valence-electron chi connectivity index (χ1n) is 9.78. The second-order valence-electron chi connectivity index (χ2n) is 6.89. The molecule has 0 bridgehead atoms. The van der Waals surface area contributed by atoms with Crippen LogP contribution in [0.5, 0.6) is 17.2 Å². The third kappa shape index (κ3) is 7.31. The SMILES string of the molecule is COc1ccc(CC(=O)N/N=C/c2cc(Br)c(OCc3ccc(Br)cc3)c(Br)c2)cc1OC. The van der Waals surface area contributed by atoms with Crippen LogP contribution in [0.25, 0.3) is 0 Å². The standard InChI is InChI=1S/C24H21Br3N2O4/c1-31-21-8-5-16(11-22(21)32-2)12-23(30)29-28-13-17-9-19(26)24(20(27)10-17)33-14-15-3-6-18(25)7-4-15/h3-11,13H,12,14H2,1-2H3,(H,29,30)/b28-13+. The van der Waals surface area contributed by atoms with Crippen molar-refractivity contribution >= 4 is 59.9 Å². The molecule has 0 atom stereocenters. The van der Waals surface area contributed by atoms with Gasteiger partial charge in [-0.05, 0) is 84.9 Å². The summed E-state index contributed by atoms with van der Waals surface area (Å²) in [7, 11) is 3.12. The lowest BCUT2D eigenvalue weighted by Gasteiger charge is -2.11. The van der Waals surface area contributed by atoms with E-state index >= 15 is 0 Å². The first-order valence-corrected chi connectivity index (χ1v) is 12.2. The number of nitrogens with zero attached hydrogens (tertiary/aromatic N) is 1. The summed E-state index contributed by atoms with van der Waals surface area (Å²) in [6, 6.07) is 17.0. The van der Waals surface area contributed by atoms with Crippen molar-refractivity contribution < 1.29 is 19.0 Å². The summed E-state index contributed by atoms with van der Waals surface area (Å²) >= 11 is 10.5. The fraction of sp³-hybridized carbons (Fsp3) is 0.167. The van der Waals surface area contributed by atoms with Crippen LogP contribution in [-0.4, -0.2) is 26.3 Å². The highest BCUT2D eigenvalue weighted by Crippen LogP contribution is 2.35. The fourth-order valence-electron chi connectivity index (χ4n) is 2.92. The van der Waals surface area contributed by atoms with Gasteiger partial charge in [0.15, 0.2) is 11.5 Å². The van der Waals surface area contributed by atoms with E-state index in [9.17, 15) is 4.79 Å². The van der Waals surface area contributed by atoms with Crippen molar-refractivity contribution in [3.8, 4) is 17.2 Å². The highest BCUT2D eigenvalue weighted by molar-refractivity contribution is 9.11. The Morgan fingerprint density at radius 3 is 2.18 bits per heavy atom. The molecular formula is C24H21Br3N2O4. The highest BCUT2D eigenvalue weighted by Gasteiger charge is 2.10. The van der Waals surface area contributed by atoms with Crippen LogP contribution in [0.2, 0.25) is 0 Å². The monoisotopic (exact) mass is 638 g/mol. The Hall–Kier alpha value is -2.36. The molecule has 9 heteroatoms. The average molecular weight is 641 g/mol. The van der Waals surface area contributed by atoms with Crippen LogP contribution < -0.4 is 19.6 Å². The molecule has 0 saturated carbocycles. The summed E-state index contributed by atoms with van der Waals surface area (Å²) in [5.74, 6) is 1.63. The molecule has 3 aromatic carbocycles. The molecule has 0 aliphatic carbocycles. The summed E-state index contributed by atoms with van der Waals surface area (Å²) in [4.78, 5) is 12.2. The number of benzene rings is 3. The van der Waals surface area contributed by atoms with E-state index in [-0.39, 0.29) is 12.3 Å². The number of nitrogens with one attached hydrogen (secondary N) is 1. The number of halogens is 3. The van der Waals surface area contributed by atoms with E-state index in [0.29, 0.717) is 23.9 Å². The summed E-state index contributed by atoms with van der Waals surface area (Å²) in [5.41, 5.74) is 5.18. The Kier molecular flexibility index (Phi) is 9.34. The van der Waals surface area contributed by atoms with E-state index in [1.165, 1.54) is 0 Å². The molecule has 0 unspecified atom stereocenters. The number of methoxy groups -OCH3 is 2. The normalized spacial score (nSPS) is 10.8. The summed E-state index contributed by atoms with van der Waals surface area (Å²) in [6.45, 7) is 0.435. The number of rotatable bonds is 9. The van der Waals surface area contributed by atoms with Crippen LogP contribution in [-0.2, 0) is 17.8 Å². The minimum absolute atomic E-state index is 0.161. The lowest BCUT2D eigenvalue weighted by atomic mass is 10.1. The molecule has 3 rings (SSSR count). The van der Waals surface area contributed by atoms with Crippen molar-refractivity contribution in [3.05, 3.63) is 84.7 Å².